The lowest BCUT2D eigenvalue weighted by atomic mass is 10.1. The molecular weight excluding hydrogens is 200 g/mol. The van der Waals surface area contributed by atoms with E-state index in [0.29, 0.717) is 5.56 Å². The van der Waals surface area contributed by atoms with E-state index in [1.165, 1.54) is 6.92 Å². The predicted octanol–water partition coefficient (Wildman–Crippen LogP) is 3.45. The van der Waals surface area contributed by atoms with Crippen molar-refractivity contribution in [1.82, 2.24) is 5.34 Å². The molecule has 0 saturated heterocycles. The molecule has 0 spiro atoms. The van der Waals surface area contributed by atoms with E-state index in [-0.39, 0.29) is 0 Å². The molecule has 88 valence electrons. The van der Waals surface area contributed by atoms with Crippen LogP contribution in [0, 0.1) is 0 Å². The van der Waals surface area contributed by atoms with Gasteiger partial charge in [-0.3, -0.25) is 0 Å². The van der Waals surface area contributed by atoms with Gasteiger partial charge < -0.3 is 5.11 Å². The van der Waals surface area contributed by atoms with Crippen molar-refractivity contribution in [3.63, 3.8) is 0 Å². The van der Waals surface area contributed by atoms with Crippen molar-refractivity contribution in [1.29, 1.82) is 0 Å². The molecule has 0 aromatic heterocycles. The van der Waals surface area contributed by atoms with E-state index in [9.17, 15) is 8.96 Å². The van der Waals surface area contributed by atoms with Gasteiger partial charge in [-0.1, -0.05) is 44.2 Å². The Morgan fingerprint density at radius 3 is 1.80 bits per heavy atom. The largest absolute Gasteiger partial charge is 0.400 e. The van der Waals surface area contributed by atoms with Crippen LogP contribution in [0.25, 0.3) is 0 Å². The lowest BCUT2D eigenvalue weighted by Crippen LogP contribution is -2.07. The topological polar surface area (TPSA) is 23.5 Å². The van der Waals surface area contributed by atoms with Crippen LogP contribution in [-0.4, -0.2) is 17.6 Å². The monoisotopic (exact) mass is 219 g/mol. The first kappa shape index (κ1) is 16.4. The number of aliphatic hydroxyl groups is 1. The second-order valence-corrected chi connectivity index (χ2v) is 2.35. The van der Waals surface area contributed by atoms with Gasteiger partial charge in [-0.25, -0.2) is 0 Å². The van der Waals surface area contributed by atoms with Gasteiger partial charge in [0.15, 0.2) is 0 Å². The summed E-state index contributed by atoms with van der Waals surface area (Å²) in [4.78, 5) is 0. The van der Waals surface area contributed by atoms with Crippen LogP contribution in [0.5, 0.6) is 0 Å². The van der Waals surface area contributed by atoms with Gasteiger partial charge in [0, 0.05) is 12.5 Å². The highest BCUT2D eigenvalue weighted by Gasteiger charge is 2.12. The number of rotatable bonds is 2. The molecule has 1 unspecified atom stereocenters. The van der Waals surface area contributed by atoms with Gasteiger partial charge in [0.25, 0.3) is 0 Å². The van der Waals surface area contributed by atoms with E-state index in [0.717, 1.165) is 7.11 Å². The highest BCUT2D eigenvalue weighted by Crippen LogP contribution is 2.19. The van der Waals surface area contributed by atoms with E-state index >= 15 is 0 Å². The first-order chi connectivity index (χ1) is 7.22. The van der Waals surface area contributed by atoms with E-state index in [1.54, 1.807) is 30.3 Å². The molecule has 2 nitrogen and oxygen atoms in total. The fourth-order valence-electron chi connectivity index (χ4n) is 0.844. The number of halogens is 2. The van der Waals surface area contributed by atoms with Gasteiger partial charge in [-0.15, -0.1) is 8.96 Å². The van der Waals surface area contributed by atoms with Crippen molar-refractivity contribution >= 4 is 0 Å². The first-order valence-electron chi connectivity index (χ1n) is 4.82. The molecule has 0 bridgehead atoms. The Balaban J connectivity index is 0. The summed E-state index contributed by atoms with van der Waals surface area (Å²) in [5.41, 5.74) is 0.623. The van der Waals surface area contributed by atoms with E-state index in [4.69, 9.17) is 5.11 Å². The number of benzene rings is 1. The average molecular weight is 219 g/mol. The highest BCUT2D eigenvalue weighted by atomic mass is 19.4. The molecule has 1 aromatic carbocycles. The lowest BCUT2D eigenvalue weighted by Gasteiger charge is -2.10. The Morgan fingerprint density at radius 2 is 1.47 bits per heavy atom. The van der Waals surface area contributed by atoms with Crippen molar-refractivity contribution in [2.24, 2.45) is 0 Å². The predicted molar refractivity (Wildman–Crippen MR) is 58.4 cm³/mol. The molecule has 1 atom stereocenters. The minimum Gasteiger partial charge on any atom is -0.400 e. The van der Waals surface area contributed by atoms with Crippen LogP contribution in [0.2, 0.25) is 0 Å². The van der Waals surface area contributed by atoms with Crippen molar-refractivity contribution in [3.05, 3.63) is 35.9 Å². The van der Waals surface area contributed by atoms with Gasteiger partial charge in [0.1, 0.15) is 0 Å². The van der Waals surface area contributed by atoms with E-state index in [2.05, 4.69) is 0 Å². The highest BCUT2D eigenvalue weighted by molar-refractivity contribution is 5.17. The summed E-state index contributed by atoms with van der Waals surface area (Å²) in [6.07, 6.45) is 0. The van der Waals surface area contributed by atoms with Gasteiger partial charge in [0.2, 0.25) is 0 Å². The fraction of sp³-hybridized carbons (Fsp3) is 0.455. The van der Waals surface area contributed by atoms with Gasteiger partial charge in [-0.2, -0.15) is 0 Å². The SMILES string of the molecule is CC.CC(c1ccccc1)N(F)F.CO. The molecule has 15 heavy (non-hydrogen) atoms. The summed E-state index contributed by atoms with van der Waals surface area (Å²) in [6.45, 7) is 5.45. The molecule has 1 aromatic rings. The Bertz CT molecular complexity index is 217. The molecule has 0 aliphatic rings. The number of hydrogen-bond donors (Lipinski definition) is 1. The molecule has 0 amide bonds. The smallest absolute Gasteiger partial charge is 0.0951 e. The third kappa shape index (κ3) is 6.99. The molecule has 0 aliphatic heterocycles. The second-order valence-electron chi connectivity index (χ2n) is 2.35. The standard InChI is InChI=1S/C8H9F2N.C2H6.CH4O/c1-7(11(9)10)8-5-3-2-4-6-8;2*1-2/h2-7H,1H3;1-2H3;2H,1H3. The minimum atomic E-state index is -0.823. The third-order valence-corrected chi connectivity index (χ3v) is 1.57. The van der Waals surface area contributed by atoms with Crippen LogP contribution in [-0.2, 0) is 0 Å². The molecule has 4 heteroatoms. The van der Waals surface area contributed by atoms with Crippen molar-refractivity contribution in [2.75, 3.05) is 7.11 Å². The Kier molecular flexibility index (Phi) is 12.1. The maximum atomic E-state index is 11.9. The first-order valence-corrected chi connectivity index (χ1v) is 4.82. The van der Waals surface area contributed by atoms with Crippen LogP contribution in [0.15, 0.2) is 30.3 Å². The maximum absolute atomic E-state index is 11.9. The van der Waals surface area contributed by atoms with Gasteiger partial charge in [0.05, 0.1) is 6.04 Å². The van der Waals surface area contributed by atoms with Crippen molar-refractivity contribution in [2.45, 2.75) is 26.8 Å². The Hall–Kier alpha value is -1.00. The molecular formula is C11H19F2NO. The van der Waals surface area contributed by atoms with Crippen LogP contribution < -0.4 is 0 Å². The zero-order chi connectivity index (χ0) is 12.3. The second kappa shape index (κ2) is 11.1. The minimum absolute atomic E-state index is 0.623. The van der Waals surface area contributed by atoms with Crippen LogP contribution >= 0.6 is 0 Å². The van der Waals surface area contributed by atoms with Crippen LogP contribution in [0.3, 0.4) is 0 Å². The average Bonchev–Trinajstić information content (AvgIpc) is 2.34. The molecule has 1 rings (SSSR count). The van der Waals surface area contributed by atoms with E-state index < -0.39 is 11.4 Å². The fourth-order valence-corrected chi connectivity index (χ4v) is 0.844. The lowest BCUT2D eigenvalue weighted by molar-refractivity contribution is -0.184. The summed E-state index contributed by atoms with van der Waals surface area (Å²) in [5.74, 6) is 0. The summed E-state index contributed by atoms with van der Waals surface area (Å²) < 4.78 is 23.9. The van der Waals surface area contributed by atoms with Crippen LogP contribution in [0.4, 0.5) is 8.96 Å². The molecule has 0 radical (unpaired) electrons. The number of hydrogen-bond acceptors (Lipinski definition) is 2. The molecule has 0 aliphatic carbocycles. The number of nitrogens with zero attached hydrogens (tertiary/aromatic N) is 1. The summed E-state index contributed by atoms with van der Waals surface area (Å²) in [7, 11) is 1.00. The summed E-state index contributed by atoms with van der Waals surface area (Å²) in [6, 6.07) is 7.83. The van der Waals surface area contributed by atoms with Crippen molar-refractivity contribution in [3.8, 4) is 0 Å². The quantitative estimate of drug-likeness (QED) is 0.770. The summed E-state index contributed by atoms with van der Waals surface area (Å²) >= 11 is 0. The van der Waals surface area contributed by atoms with Crippen molar-refractivity contribution < 1.29 is 14.1 Å². The van der Waals surface area contributed by atoms with Gasteiger partial charge in [-0.05, 0) is 12.5 Å². The zero-order valence-corrected chi connectivity index (χ0v) is 9.61. The molecule has 0 saturated carbocycles. The zero-order valence-electron chi connectivity index (χ0n) is 9.61. The molecule has 0 heterocycles. The molecule has 0 fully saturated rings. The third-order valence-electron chi connectivity index (χ3n) is 1.57. The maximum Gasteiger partial charge on any atom is 0.0951 e. The number of aliphatic hydroxyl groups excluding tert-OH is 1. The summed E-state index contributed by atoms with van der Waals surface area (Å²) in [5, 5.41) is 6.20. The van der Waals surface area contributed by atoms with E-state index in [1.807, 2.05) is 13.8 Å². The molecule has 1 N–H and O–H groups in total. The van der Waals surface area contributed by atoms with Gasteiger partial charge >= 0.3 is 0 Å². The Morgan fingerprint density at radius 1 is 1.07 bits per heavy atom. The van der Waals surface area contributed by atoms with Crippen LogP contribution in [0.1, 0.15) is 32.4 Å². The Labute approximate surface area is 90.0 Å². The normalized spacial score (nSPS) is 10.7.